The van der Waals surface area contributed by atoms with Crippen molar-refractivity contribution in [3.63, 3.8) is 0 Å². The molecule has 3 aliphatic rings. The van der Waals surface area contributed by atoms with Gasteiger partial charge in [-0.05, 0) is 69.9 Å². The number of aliphatic hydroxyl groups excluding tert-OH is 1. The van der Waals surface area contributed by atoms with Crippen molar-refractivity contribution in [2.24, 2.45) is 17.3 Å². The highest BCUT2D eigenvalue weighted by Crippen LogP contribution is 2.65. The van der Waals surface area contributed by atoms with Crippen molar-refractivity contribution in [3.05, 3.63) is 55.6 Å². The standard InChI is InChI=1S/C36H53N3O5/c1-9-21-37(26-17-13-12-14-18-26)30(41)27-28-31(42)38(23-15-16-24-40)29(36(28)20-19-35(27,11-3)44-36)32(43)39(22-10-2)34(7,8)25-33(4,5)6/h9-10,12-14,17-18,27-29,40H,1-2,11,15-16,19-25H2,3-8H3/t27-,28+,29?,35+,36?/m1/s1. The van der Waals surface area contributed by atoms with Crippen LogP contribution in [0.4, 0.5) is 5.69 Å². The Balaban J connectivity index is 1.83. The highest BCUT2D eigenvalue weighted by atomic mass is 16.5. The first-order valence-corrected chi connectivity index (χ1v) is 16.2. The molecule has 0 aromatic heterocycles. The van der Waals surface area contributed by atoms with Gasteiger partial charge in [0, 0.05) is 37.5 Å². The molecule has 8 heteroatoms. The Morgan fingerprint density at radius 2 is 1.70 bits per heavy atom. The van der Waals surface area contributed by atoms with E-state index in [-0.39, 0.29) is 29.7 Å². The van der Waals surface area contributed by atoms with E-state index in [9.17, 15) is 19.5 Å². The lowest BCUT2D eigenvalue weighted by molar-refractivity contribution is -0.157. The summed E-state index contributed by atoms with van der Waals surface area (Å²) < 4.78 is 7.04. The van der Waals surface area contributed by atoms with Crippen molar-refractivity contribution in [1.82, 2.24) is 9.80 Å². The van der Waals surface area contributed by atoms with Gasteiger partial charge in [-0.15, -0.1) is 13.2 Å². The summed E-state index contributed by atoms with van der Waals surface area (Å²) in [4.78, 5) is 49.5. The van der Waals surface area contributed by atoms with Crippen LogP contribution in [-0.2, 0) is 19.1 Å². The predicted molar refractivity (Wildman–Crippen MR) is 174 cm³/mol. The Bertz CT molecular complexity index is 1240. The summed E-state index contributed by atoms with van der Waals surface area (Å²) in [5, 5.41) is 9.55. The summed E-state index contributed by atoms with van der Waals surface area (Å²) in [6.07, 6.45) is 6.93. The third-order valence-electron chi connectivity index (χ3n) is 9.90. The molecule has 3 fully saturated rings. The molecule has 0 aliphatic carbocycles. The van der Waals surface area contributed by atoms with Crippen LogP contribution >= 0.6 is 0 Å². The van der Waals surface area contributed by atoms with Crippen LogP contribution in [-0.4, -0.2) is 81.7 Å². The van der Waals surface area contributed by atoms with Crippen LogP contribution in [0.15, 0.2) is 55.6 Å². The third-order valence-corrected chi connectivity index (χ3v) is 9.90. The summed E-state index contributed by atoms with van der Waals surface area (Å²) in [5.74, 6) is -2.04. The third kappa shape index (κ3) is 5.87. The van der Waals surface area contributed by atoms with Gasteiger partial charge in [0.05, 0.1) is 17.4 Å². The van der Waals surface area contributed by atoms with Crippen LogP contribution in [0, 0.1) is 17.3 Å². The van der Waals surface area contributed by atoms with Gasteiger partial charge >= 0.3 is 0 Å². The number of benzene rings is 1. The molecular formula is C36H53N3O5. The molecule has 3 heterocycles. The van der Waals surface area contributed by atoms with Gasteiger partial charge in [0.2, 0.25) is 17.7 Å². The SMILES string of the molecule is C=CCN(C(=O)[C@H]1[C@H]2C(=O)N(CCCCO)C(C(=O)N(CC=C)C(C)(C)CC(C)(C)C)C23CC[C@]1(CC)O3)c1ccccc1. The summed E-state index contributed by atoms with van der Waals surface area (Å²) in [6, 6.07) is 8.59. The number of nitrogens with zero attached hydrogens (tertiary/aromatic N) is 3. The molecule has 0 radical (unpaired) electrons. The van der Waals surface area contributed by atoms with Crippen molar-refractivity contribution in [3.8, 4) is 0 Å². The van der Waals surface area contributed by atoms with E-state index in [4.69, 9.17) is 4.74 Å². The van der Waals surface area contributed by atoms with Crippen LogP contribution in [0.25, 0.3) is 0 Å². The first-order chi connectivity index (χ1) is 20.7. The zero-order valence-electron chi connectivity index (χ0n) is 27.7. The van der Waals surface area contributed by atoms with Crippen LogP contribution in [0.1, 0.15) is 80.1 Å². The van der Waals surface area contributed by atoms with Gasteiger partial charge in [-0.2, -0.15) is 0 Å². The van der Waals surface area contributed by atoms with Crippen molar-refractivity contribution in [1.29, 1.82) is 0 Å². The van der Waals surface area contributed by atoms with Gasteiger partial charge in [0.15, 0.2) is 0 Å². The Kier molecular flexibility index (Phi) is 9.86. The summed E-state index contributed by atoms with van der Waals surface area (Å²) in [7, 11) is 0. The summed E-state index contributed by atoms with van der Waals surface area (Å²) >= 11 is 0. The molecule has 44 heavy (non-hydrogen) atoms. The Hall–Kier alpha value is -2.97. The van der Waals surface area contributed by atoms with Gasteiger partial charge in [0.1, 0.15) is 11.6 Å². The molecule has 5 atom stereocenters. The lowest BCUT2D eigenvalue weighted by Crippen LogP contribution is -2.61. The van der Waals surface area contributed by atoms with E-state index in [1.165, 1.54) is 0 Å². The van der Waals surface area contributed by atoms with Gasteiger partial charge in [0.25, 0.3) is 0 Å². The van der Waals surface area contributed by atoms with Gasteiger partial charge < -0.3 is 24.5 Å². The number of hydrogen-bond acceptors (Lipinski definition) is 5. The molecule has 1 spiro atoms. The van der Waals surface area contributed by atoms with Crippen molar-refractivity contribution in [2.75, 3.05) is 31.1 Å². The number of hydrogen-bond donors (Lipinski definition) is 1. The normalized spacial score (nSPS) is 27.8. The average molecular weight is 608 g/mol. The van der Waals surface area contributed by atoms with Crippen LogP contribution in [0.3, 0.4) is 0 Å². The van der Waals surface area contributed by atoms with E-state index in [1.54, 1.807) is 22.0 Å². The Labute approximate surface area is 264 Å². The molecule has 8 nitrogen and oxygen atoms in total. The van der Waals surface area contributed by atoms with Gasteiger partial charge in [-0.25, -0.2) is 0 Å². The fraction of sp³-hybridized carbons (Fsp3) is 0.639. The molecule has 1 N–H and O–H groups in total. The first-order valence-electron chi connectivity index (χ1n) is 16.2. The molecule has 2 bridgehead atoms. The average Bonchev–Trinajstić information content (AvgIpc) is 3.57. The minimum Gasteiger partial charge on any atom is -0.396 e. The van der Waals surface area contributed by atoms with Crippen molar-refractivity contribution < 1.29 is 24.2 Å². The molecule has 3 aliphatic heterocycles. The number of carbonyl (C=O) groups excluding carboxylic acids is 3. The molecule has 4 rings (SSSR count). The summed E-state index contributed by atoms with van der Waals surface area (Å²) in [5.41, 5.74) is -1.79. The maximum Gasteiger partial charge on any atom is 0.249 e. The smallest absolute Gasteiger partial charge is 0.249 e. The topological polar surface area (TPSA) is 90.4 Å². The van der Waals surface area contributed by atoms with E-state index in [0.717, 1.165) is 12.1 Å². The van der Waals surface area contributed by atoms with E-state index in [0.29, 0.717) is 51.7 Å². The fourth-order valence-electron chi connectivity index (χ4n) is 8.54. The molecule has 3 amide bonds. The van der Waals surface area contributed by atoms with Crippen molar-refractivity contribution in [2.45, 2.75) is 103 Å². The lowest BCUT2D eigenvalue weighted by atomic mass is 9.64. The second-order valence-electron chi connectivity index (χ2n) is 14.7. The molecule has 242 valence electrons. The largest absolute Gasteiger partial charge is 0.396 e. The molecule has 1 aromatic carbocycles. The Morgan fingerprint density at radius 3 is 2.27 bits per heavy atom. The number of aliphatic hydroxyl groups is 1. The number of para-hydroxylation sites is 1. The Morgan fingerprint density at radius 1 is 1.05 bits per heavy atom. The number of rotatable bonds is 14. The number of amides is 3. The number of unbranched alkanes of at least 4 members (excludes halogenated alkanes) is 1. The van der Waals surface area contributed by atoms with Gasteiger partial charge in [-0.3, -0.25) is 14.4 Å². The highest BCUT2D eigenvalue weighted by Gasteiger charge is 2.79. The van der Waals surface area contributed by atoms with Crippen molar-refractivity contribution >= 4 is 23.4 Å². The number of likely N-dealkylation sites (tertiary alicyclic amines) is 1. The second kappa shape index (κ2) is 12.8. The zero-order valence-corrected chi connectivity index (χ0v) is 27.7. The second-order valence-corrected chi connectivity index (χ2v) is 14.7. The molecular weight excluding hydrogens is 554 g/mol. The fourth-order valence-corrected chi connectivity index (χ4v) is 8.54. The maximum absolute atomic E-state index is 15.0. The van der Waals surface area contributed by atoms with Gasteiger partial charge in [-0.1, -0.05) is 58.0 Å². The highest BCUT2D eigenvalue weighted by molar-refractivity contribution is 6.03. The predicted octanol–water partition coefficient (Wildman–Crippen LogP) is 5.36. The van der Waals surface area contributed by atoms with E-state index in [1.807, 2.05) is 42.2 Å². The van der Waals surface area contributed by atoms with E-state index in [2.05, 4.69) is 47.8 Å². The maximum atomic E-state index is 15.0. The number of fused-ring (bicyclic) bond motifs is 1. The molecule has 2 unspecified atom stereocenters. The minimum atomic E-state index is -1.11. The lowest BCUT2D eigenvalue weighted by Gasteiger charge is -2.45. The van der Waals surface area contributed by atoms with Crippen LogP contribution in [0.5, 0.6) is 0 Å². The number of anilines is 1. The minimum absolute atomic E-state index is 0.000559. The van der Waals surface area contributed by atoms with Crippen LogP contribution < -0.4 is 4.90 Å². The summed E-state index contributed by atoms with van der Waals surface area (Å²) in [6.45, 7) is 21.4. The van der Waals surface area contributed by atoms with E-state index >= 15 is 0 Å². The number of carbonyl (C=O) groups is 3. The van der Waals surface area contributed by atoms with E-state index < -0.39 is 34.6 Å². The number of ether oxygens (including phenoxy) is 1. The quantitative estimate of drug-likeness (QED) is 0.227. The zero-order chi connectivity index (χ0) is 32.5. The molecule has 1 aromatic rings. The monoisotopic (exact) mass is 607 g/mol. The molecule has 3 saturated heterocycles. The first kappa shape index (κ1) is 33.9. The van der Waals surface area contributed by atoms with Crippen LogP contribution in [0.2, 0.25) is 0 Å². The molecule has 0 saturated carbocycles.